The quantitative estimate of drug-likeness (QED) is 0.798. The summed E-state index contributed by atoms with van der Waals surface area (Å²) in [5, 5.41) is 3.50. The van der Waals surface area contributed by atoms with E-state index in [4.69, 9.17) is 0 Å². The molecule has 0 saturated heterocycles. The lowest BCUT2D eigenvalue weighted by molar-refractivity contribution is 0.382. The molecular weight excluding hydrogens is 261 g/mol. The van der Waals surface area contributed by atoms with Gasteiger partial charge in [-0.1, -0.05) is 56.3 Å². The van der Waals surface area contributed by atoms with Crippen LogP contribution in [0.3, 0.4) is 0 Å². The van der Waals surface area contributed by atoms with E-state index in [0.717, 1.165) is 25.9 Å². The van der Waals surface area contributed by atoms with Gasteiger partial charge in [0, 0.05) is 12.0 Å². The molecule has 0 aliphatic rings. The monoisotopic (exact) mass is 285 g/mol. The molecule has 0 fully saturated rings. The lowest BCUT2D eigenvalue weighted by atomic mass is 9.73. The van der Waals surface area contributed by atoms with E-state index in [1.807, 2.05) is 12.1 Å². The molecule has 2 heteroatoms. The van der Waals surface area contributed by atoms with Crippen LogP contribution in [0.4, 0.5) is 4.39 Å². The van der Waals surface area contributed by atoms with Gasteiger partial charge < -0.3 is 5.32 Å². The lowest BCUT2D eigenvalue weighted by Crippen LogP contribution is -2.39. The number of rotatable bonds is 7. The zero-order valence-corrected chi connectivity index (χ0v) is 12.9. The van der Waals surface area contributed by atoms with Gasteiger partial charge in [0.25, 0.3) is 0 Å². The van der Waals surface area contributed by atoms with Crippen molar-refractivity contribution in [3.05, 3.63) is 71.5 Å². The SMILES string of the molecule is CCNCC(CC)(Cc1ccc(F)cc1)c1ccccc1. The second kappa shape index (κ2) is 7.37. The minimum absolute atomic E-state index is 0.0507. The number of likely N-dealkylation sites (N-methyl/N-ethyl adjacent to an activating group) is 1. The number of nitrogens with one attached hydrogen (secondary N) is 1. The second-order valence-electron chi connectivity index (χ2n) is 5.58. The summed E-state index contributed by atoms with van der Waals surface area (Å²) in [5.74, 6) is -0.174. The summed E-state index contributed by atoms with van der Waals surface area (Å²) in [6, 6.07) is 17.5. The first-order chi connectivity index (χ1) is 10.2. The zero-order chi connectivity index (χ0) is 15.1. The van der Waals surface area contributed by atoms with Crippen molar-refractivity contribution in [2.24, 2.45) is 0 Å². The van der Waals surface area contributed by atoms with Gasteiger partial charge in [-0.15, -0.1) is 0 Å². The van der Waals surface area contributed by atoms with Crippen molar-refractivity contribution in [1.82, 2.24) is 5.32 Å². The third kappa shape index (κ3) is 3.92. The molecule has 0 saturated carbocycles. The number of benzene rings is 2. The highest BCUT2D eigenvalue weighted by Crippen LogP contribution is 2.31. The van der Waals surface area contributed by atoms with Crippen LogP contribution in [0, 0.1) is 5.82 Å². The summed E-state index contributed by atoms with van der Waals surface area (Å²) in [6.45, 7) is 6.25. The smallest absolute Gasteiger partial charge is 0.123 e. The first kappa shape index (κ1) is 15.7. The Bertz CT molecular complexity index is 535. The van der Waals surface area contributed by atoms with E-state index in [2.05, 4.69) is 49.5 Å². The maximum Gasteiger partial charge on any atom is 0.123 e. The van der Waals surface area contributed by atoms with Crippen LogP contribution in [0.2, 0.25) is 0 Å². The minimum Gasteiger partial charge on any atom is -0.316 e. The highest BCUT2D eigenvalue weighted by molar-refractivity contribution is 5.30. The molecule has 2 aromatic rings. The van der Waals surface area contributed by atoms with E-state index in [9.17, 15) is 4.39 Å². The fourth-order valence-corrected chi connectivity index (χ4v) is 2.87. The fraction of sp³-hybridized carbons (Fsp3) is 0.368. The highest BCUT2D eigenvalue weighted by Gasteiger charge is 2.30. The first-order valence-electron chi connectivity index (χ1n) is 7.71. The van der Waals surface area contributed by atoms with Crippen molar-refractivity contribution in [1.29, 1.82) is 0 Å². The highest BCUT2D eigenvalue weighted by atomic mass is 19.1. The van der Waals surface area contributed by atoms with Gasteiger partial charge in [-0.3, -0.25) is 0 Å². The molecule has 1 N–H and O–H groups in total. The second-order valence-corrected chi connectivity index (χ2v) is 5.58. The van der Waals surface area contributed by atoms with Crippen LogP contribution in [-0.2, 0) is 11.8 Å². The third-order valence-corrected chi connectivity index (χ3v) is 4.23. The van der Waals surface area contributed by atoms with Crippen molar-refractivity contribution >= 4 is 0 Å². The van der Waals surface area contributed by atoms with E-state index in [0.29, 0.717) is 0 Å². The molecule has 0 spiro atoms. The normalized spacial score (nSPS) is 13.9. The Morgan fingerprint density at radius 2 is 1.62 bits per heavy atom. The molecule has 2 rings (SSSR count). The van der Waals surface area contributed by atoms with Crippen LogP contribution in [0.25, 0.3) is 0 Å². The van der Waals surface area contributed by atoms with Gasteiger partial charge in [-0.2, -0.15) is 0 Å². The van der Waals surface area contributed by atoms with E-state index >= 15 is 0 Å². The van der Waals surface area contributed by atoms with E-state index in [1.54, 1.807) is 12.1 Å². The molecule has 1 unspecified atom stereocenters. The summed E-state index contributed by atoms with van der Waals surface area (Å²) in [5.41, 5.74) is 2.58. The molecule has 0 aliphatic heterocycles. The van der Waals surface area contributed by atoms with Crippen LogP contribution in [-0.4, -0.2) is 13.1 Å². The Morgan fingerprint density at radius 1 is 0.952 bits per heavy atom. The Labute approximate surface area is 127 Å². The van der Waals surface area contributed by atoms with Gasteiger partial charge in [-0.25, -0.2) is 4.39 Å². The summed E-state index contributed by atoms with van der Waals surface area (Å²) in [4.78, 5) is 0. The largest absolute Gasteiger partial charge is 0.316 e. The predicted octanol–water partition coefficient (Wildman–Crippen LogP) is 4.33. The van der Waals surface area contributed by atoms with Crippen molar-refractivity contribution in [2.75, 3.05) is 13.1 Å². The first-order valence-corrected chi connectivity index (χ1v) is 7.71. The molecule has 1 atom stereocenters. The average molecular weight is 285 g/mol. The molecule has 0 aromatic heterocycles. The standard InChI is InChI=1S/C19H24FN/c1-3-19(15-21-4-2,17-8-6-5-7-9-17)14-16-10-12-18(20)13-11-16/h5-13,21H,3-4,14-15H2,1-2H3. The van der Waals surface area contributed by atoms with Gasteiger partial charge in [0.05, 0.1) is 0 Å². The van der Waals surface area contributed by atoms with Crippen molar-refractivity contribution in [2.45, 2.75) is 32.1 Å². The van der Waals surface area contributed by atoms with Gasteiger partial charge in [0.1, 0.15) is 5.82 Å². The van der Waals surface area contributed by atoms with Gasteiger partial charge >= 0.3 is 0 Å². The number of hydrogen-bond acceptors (Lipinski definition) is 1. The van der Waals surface area contributed by atoms with Crippen molar-refractivity contribution in [3.63, 3.8) is 0 Å². The Hall–Kier alpha value is -1.67. The van der Waals surface area contributed by atoms with Gasteiger partial charge in [0.2, 0.25) is 0 Å². The Kier molecular flexibility index (Phi) is 5.51. The molecule has 1 nitrogen and oxygen atoms in total. The summed E-state index contributed by atoms with van der Waals surface area (Å²) >= 11 is 0. The molecule has 0 bridgehead atoms. The van der Waals surface area contributed by atoms with Crippen molar-refractivity contribution < 1.29 is 4.39 Å². The molecule has 0 radical (unpaired) electrons. The predicted molar refractivity (Wildman–Crippen MR) is 87.1 cm³/mol. The average Bonchev–Trinajstić information content (AvgIpc) is 2.54. The number of hydrogen-bond donors (Lipinski definition) is 1. The molecule has 0 amide bonds. The van der Waals surface area contributed by atoms with Crippen LogP contribution in [0.5, 0.6) is 0 Å². The van der Waals surface area contributed by atoms with E-state index < -0.39 is 0 Å². The summed E-state index contributed by atoms with van der Waals surface area (Å²) in [7, 11) is 0. The third-order valence-electron chi connectivity index (χ3n) is 4.23. The topological polar surface area (TPSA) is 12.0 Å². The maximum atomic E-state index is 13.1. The lowest BCUT2D eigenvalue weighted by Gasteiger charge is -2.34. The Balaban J connectivity index is 2.32. The van der Waals surface area contributed by atoms with E-state index in [-0.39, 0.29) is 11.2 Å². The van der Waals surface area contributed by atoms with Gasteiger partial charge in [0.15, 0.2) is 0 Å². The Morgan fingerprint density at radius 3 is 2.19 bits per heavy atom. The summed E-state index contributed by atoms with van der Waals surface area (Å²) < 4.78 is 13.1. The van der Waals surface area contributed by atoms with E-state index in [1.165, 1.54) is 11.1 Å². The molecule has 112 valence electrons. The molecule has 0 heterocycles. The number of halogens is 1. The molecule has 0 aliphatic carbocycles. The fourth-order valence-electron chi connectivity index (χ4n) is 2.87. The van der Waals surface area contributed by atoms with Crippen LogP contribution in [0.15, 0.2) is 54.6 Å². The molecule has 21 heavy (non-hydrogen) atoms. The van der Waals surface area contributed by atoms with Crippen molar-refractivity contribution in [3.8, 4) is 0 Å². The van der Waals surface area contributed by atoms with Crippen LogP contribution in [0.1, 0.15) is 31.4 Å². The molecule has 2 aromatic carbocycles. The summed E-state index contributed by atoms with van der Waals surface area (Å²) in [6.07, 6.45) is 1.96. The van der Waals surface area contributed by atoms with Gasteiger partial charge in [-0.05, 0) is 42.6 Å². The minimum atomic E-state index is -0.174. The molecular formula is C19H24FN. The van der Waals surface area contributed by atoms with Crippen LogP contribution < -0.4 is 5.32 Å². The van der Waals surface area contributed by atoms with Crippen LogP contribution >= 0.6 is 0 Å². The maximum absolute atomic E-state index is 13.1. The zero-order valence-electron chi connectivity index (χ0n) is 12.9.